The van der Waals surface area contributed by atoms with Crippen LogP contribution in [0, 0.1) is 6.92 Å². The molecule has 0 atom stereocenters. The van der Waals surface area contributed by atoms with Crippen LogP contribution in [0.5, 0.6) is 0 Å². The van der Waals surface area contributed by atoms with Crippen LogP contribution in [-0.2, 0) is 17.8 Å². The Morgan fingerprint density at radius 2 is 1.92 bits per heavy atom. The third-order valence-corrected chi connectivity index (χ3v) is 4.44. The zero-order valence-corrected chi connectivity index (χ0v) is 14.8. The van der Waals surface area contributed by atoms with Crippen molar-refractivity contribution < 1.29 is 4.79 Å². The first kappa shape index (κ1) is 17.2. The van der Waals surface area contributed by atoms with Crippen molar-refractivity contribution in [3.8, 4) is 0 Å². The predicted molar refractivity (Wildman–Crippen MR) is 101 cm³/mol. The molecular formula is C20H20ClN3O. The van der Waals surface area contributed by atoms with Crippen molar-refractivity contribution in [3.05, 3.63) is 82.5 Å². The fourth-order valence-corrected chi connectivity index (χ4v) is 2.78. The van der Waals surface area contributed by atoms with E-state index in [2.05, 4.69) is 10.4 Å². The molecule has 1 amide bonds. The fraction of sp³-hybridized carbons (Fsp3) is 0.200. The minimum atomic E-state index is -0.0356. The molecule has 0 aliphatic rings. The van der Waals surface area contributed by atoms with E-state index in [-0.39, 0.29) is 5.91 Å². The van der Waals surface area contributed by atoms with E-state index in [0.717, 1.165) is 21.7 Å². The molecule has 0 saturated carbocycles. The molecule has 128 valence electrons. The summed E-state index contributed by atoms with van der Waals surface area (Å²) in [5.41, 5.74) is 3.24. The van der Waals surface area contributed by atoms with Crippen LogP contribution >= 0.6 is 11.6 Å². The molecule has 0 aliphatic carbocycles. The van der Waals surface area contributed by atoms with Crippen molar-refractivity contribution in [2.75, 3.05) is 5.32 Å². The number of amides is 1. The summed E-state index contributed by atoms with van der Waals surface area (Å²) in [6.07, 6.45) is 2.74. The van der Waals surface area contributed by atoms with Crippen LogP contribution in [0.15, 0.2) is 60.8 Å². The highest BCUT2D eigenvalue weighted by Crippen LogP contribution is 2.18. The van der Waals surface area contributed by atoms with Crippen molar-refractivity contribution in [1.29, 1.82) is 0 Å². The first-order valence-corrected chi connectivity index (χ1v) is 8.60. The highest BCUT2D eigenvalue weighted by Gasteiger charge is 2.08. The van der Waals surface area contributed by atoms with Gasteiger partial charge in [0.05, 0.1) is 12.7 Å². The first-order valence-electron chi connectivity index (χ1n) is 8.22. The number of halogens is 1. The van der Waals surface area contributed by atoms with Crippen LogP contribution < -0.4 is 5.32 Å². The van der Waals surface area contributed by atoms with Gasteiger partial charge in [-0.05, 0) is 36.1 Å². The lowest BCUT2D eigenvalue weighted by molar-refractivity contribution is -0.116. The Balaban J connectivity index is 1.58. The van der Waals surface area contributed by atoms with Gasteiger partial charge in [-0.25, -0.2) is 4.68 Å². The zero-order valence-electron chi connectivity index (χ0n) is 14.1. The van der Waals surface area contributed by atoms with E-state index < -0.39 is 0 Å². The van der Waals surface area contributed by atoms with Crippen LogP contribution in [0.3, 0.4) is 0 Å². The van der Waals surface area contributed by atoms with Crippen LogP contribution in [-0.4, -0.2) is 15.7 Å². The molecule has 3 aromatic rings. The van der Waals surface area contributed by atoms with Crippen LogP contribution in [0.1, 0.15) is 23.1 Å². The minimum absolute atomic E-state index is 0.0356. The summed E-state index contributed by atoms with van der Waals surface area (Å²) in [4.78, 5) is 12.3. The highest BCUT2D eigenvalue weighted by molar-refractivity contribution is 6.31. The lowest BCUT2D eigenvalue weighted by atomic mass is 10.1. The molecular weight excluding hydrogens is 334 g/mol. The van der Waals surface area contributed by atoms with Gasteiger partial charge in [-0.1, -0.05) is 54.1 Å². The number of nitrogens with zero attached hydrogens (tertiary/aromatic N) is 2. The van der Waals surface area contributed by atoms with E-state index in [1.807, 2.05) is 61.5 Å². The number of carbonyl (C=O) groups is 1. The van der Waals surface area contributed by atoms with Gasteiger partial charge < -0.3 is 5.32 Å². The maximum Gasteiger partial charge on any atom is 0.225 e. The number of carbonyl (C=O) groups excluding carboxylic acids is 1. The number of anilines is 1. The standard InChI is InChI=1S/C20H20ClN3O/c1-15-7-8-16(13-18(15)21)9-10-20(25)23-19-11-12-22-24(19)14-17-5-3-2-4-6-17/h2-8,11-13H,9-10,14H2,1H3,(H,23,25). The van der Waals surface area contributed by atoms with E-state index in [1.165, 1.54) is 0 Å². The topological polar surface area (TPSA) is 46.9 Å². The number of hydrogen-bond donors (Lipinski definition) is 1. The van der Waals surface area contributed by atoms with Crippen LogP contribution in [0.4, 0.5) is 5.82 Å². The van der Waals surface area contributed by atoms with E-state index in [1.54, 1.807) is 10.9 Å². The fourth-order valence-electron chi connectivity index (χ4n) is 2.58. The van der Waals surface area contributed by atoms with Gasteiger partial charge in [0.15, 0.2) is 0 Å². The SMILES string of the molecule is Cc1ccc(CCC(=O)Nc2ccnn2Cc2ccccc2)cc1Cl. The maximum absolute atomic E-state index is 12.3. The number of benzene rings is 2. The van der Waals surface area contributed by atoms with Gasteiger partial charge in [0.1, 0.15) is 5.82 Å². The van der Waals surface area contributed by atoms with Crippen LogP contribution in [0.2, 0.25) is 5.02 Å². The molecule has 0 bridgehead atoms. The smallest absolute Gasteiger partial charge is 0.225 e. The van der Waals surface area contributed by atoms with Gasteiger partial charge in [-0.3, -0.25) is 4.79 Å². The number of nitrogens with one attached hydrogen (secondary N) is 1. The Hall–Kier alpha value is -2.59. The molecule has 0 unspecified atom stereocenters. The molecule has 1 aromatic heterocycles. The Kier molecular flexibility index (Phi) is 5.51. The molecule has 0 fully saturated rings. The van der Waals surface area contributed by atoms with E-state index in [4.69, 9.17) is 11.6 Å². The molecule has 1 heterocycles. The number of aromatic nitrogens is 2. The Morgan fingerprint density at radius 1 is 1.12 bits per heavy atom. The van der Waals surface area contributed by atoms with Crippen molar-refractivity contribution >= 4 is 23.3 Å². The van der Waals surface area contributed by atoms with Gasteiger partial charge in [0.2, 0.25) is 5.91 Å². The lowest BCUT2D eigenvalue weighted by Gasteiger charge is -2.09. The third kappa shape index (κ3) is 4.70. The number of hydrogen-bond acceptors (Lipinski definition) is 2. The molecule has 3 rings (SSSR count). The predicted octanol–water partition coefficient (Wildman–Crippen LogP) is 4.46. The van der Waals surface area contributed by atoms with Gasteiger partial charge in [0.25, 0.3) is 0 Å². The maximum atomic E-state index is 12.3. The van der Waals surface area contributed by atoms with E-state index in [0.29, 0.717) is 25.2 Å². The van der Waals surface area contributed by atoms with Crippen LogP contribution in [0.25, 0.3) is 0 Å². The Morgan fingerprint density at radius 3 is 2.68 bits per heavy atom. The summed E-state index contributed by atoms with van der Waals surface area (Å²) in [6, 6.07) is 17.7. The summed E-state index contributed by atoms with van der Waals surface area (Å²) >= 11 is 6.13. The normalized spacial score (nSPS) is 10.6. The summed E-state index contributed by atoms with van der Waals surface area (Å²) in [5, 5.41) is 7.96. The minimum Gasteiger partial charge on any atom is -0.311 e. The second-order valence-electron chi connectivity index (χ2n) is 5.99. The lowest BCUT2D eigenvalue weighted by Crippen LogP contribution is -2.16. The van der Waals surface area contributed by atoms with Gasteiger partial charge in [-0.15, -0.1) is 0 Å². The largest absolute Gasteiger partial charge is 0.311 e. The molecule has 0 radical (unpaired) electrons. The average Bonchev–Trinajstić information content (AvgIpc) is 3.03. The molecule has 4 nitrogen and oxygen atoms in total. The second kappa shape index (κ2) is 7.99. The summed E-state index contributed by atoms with van der Waals surface area (Å²) < 4.78 is 1.79. The van der Waals surface area contributed by atoms with Gasteiger partial charge in [-0.2, -0.15) is 5.10 Å². The van der Waals surface area contributed by atoms with Crippen molar-refractivity contribution in [2.24, 2.45) is 0 Å². The second-order valence-corrected chi connectivity index (χ2v) is 6.40. The Labute approximate surface area is 152 Å². The van der Waals surface area contributed by atoms with Gasteiger partial charge in [0, 0.05) is 17.5 Å². The molecule has 5 heteroatoms. The molecule has 1 N–H and O–H groups in total. The van der Waals surface area contributed by atoms with E-state index in [9.17, 15) is 4.79 Å². The zero-order chi connectivity index (χ0) is 17.6. The molecule has 0 aliphatic heterocycles. The van der Waals surface area contributed by atoms with E-state index >= 15 is 0 Å². The Bertz CT molecular complexity index is 858. The third-order valence-electron chi connectivity index (χ3n) is 4.04. The molecule has 0 spiro atoms. The molecule has 2 aromatic carbocycles. The van der Waals surface area contributed by atoms with Gasteiger partial charge >= 0.3 is 0 Å². The number of rotatable bonds is 6. The summed E-state index contributed by atoms with van der Waals surface area (Å²) in [7, 11) is 0. The highest BCUT2D eigenvalue weighted by atomic mass is 35.5. The quantitative estimate of drug-likeness (QED) is 0.711. The summed E-state index contributed by atoms with van der Waals surface area (Å²) in [6.45, 7) is 2.59. The average molecular weight is 354 g/mol. The summed E-state index contributed by atoms with van der Waals surface area (Å²) in [5.74, 6) is 0.669. The van der Waals surface area contributed by atoms with Crippen molar-refractivity contribution in [3.63, 3.8) is 0 Å². The first-order chi connectivity index (χ1) is 12.1. The van der Waals surface area contributed by atoms with Crippen molar-refractivity contribution in [1.82, 2.24) is 9.78 Å². The number of aryl methyl sites for hydroxylation is 2. The van der Waals surface area contributed by atoms with Crippen molar-refractivity contribution in [2.45, 2.75) is 26.3 Å². The monoisotopic (exact) mass is 353 g/mol. The molecule has 0 saturated heterocycles. The molecule has 25 heavy (non-hydrogen) atoms.